The van der Waals surface area contributed by atoms with Crippen LogP contribution < -0.4 is 11.1 Å². The first-order chi connectivity index (χ1) is 9.58. The van der Waals surface area contributed by atoms with Gasteiger partial charge in [-0.15, -0.1) is 0 Å². The summed E-state index contributed by atoms with van der Waals surface area (Å²) in [4.78, 5) is 25.7. The van der Waals surface area contributed by atoms with Gasteiger partial charge in [-0.2, -0.15) is 0 Å². The molecule has 2 heterocycles. The van der Waals surface area contributed by atoms with Crippen LogP contribution in [0.5, 0.6) is 0 Å². The van der Waals surface area contributed by atoms with Crippen LogP contribution in [-0.2, 0) is 11.8 Å². The average molecular weight is 278 g/mol. The van der Waals surface area contributed by atoms with Crippen molar-refractivity contribution < 1.29 is 9.59 Å². The normalized spacial score (nSPS) is 15.2. The van der Waals surface area contributed by atoms with Crippen LogP contribution in [0.4, 0.5) is 5.69 Å². The first-order valence-electron chi connectivity index (χ1n) is 7.06. The minimum Gasteiger partial charge on any atom is -0.397 e. The van der Waals surface area contributed by atoms with E-state index >= 15 is 0 Å². The van der Waals surface area contributed by atoms with Gasteiger partial charge in [-0.25, -0.2) is 0 Å². The first-order valence-corrected chi connectivity index (χ1v) is 7.06. The van der Waals surface area contributed by atoms with E-state index in [1.807, 2.05) is 4.90 Å². The average Bonchev–Trinajstić information content (AvgIpc) is 2.78. The maximum atomic E-state index is 11.9. The number of anilines is 1. The Hall–Kier alpha value is -1.98. The first kappa shape index (κ1) is 14.4. The molecule has 0 aromatic carbocycles. The Kier molecular flexibility index (Phi) is 4.65. The number of rotatable bonds is 4. The molecular formula is C14H22N4O2. The van der Waals surface area contributed by atoms with Gasteiger partial charge in [0.25, 0.3) is 5.91 Å². The highest BCUT2D eigenvalue weighted by Crippen LogP contribution is 2.10. The number of nitrogens with two attached hydrogens (primary N) is 1. The van der Waals surface area contributed by atoms with Gasteiger partial charge in [-0.05, 0) is 25.3 Å². The van der Waals surface area contributed by atoms with Crippen molar-refractivity contribution in [3.05, 3.63) is 18.0 Å². The van der Waals surface area contributed by atoms with Crippen LogP contribution in [0.25, 0.3) is 0 Å². The molecule has 2 rings (SSSR count). The molecule has 1 fully saturated rings. The van der Waals surface area contributed by atoms with Gasteiger partial charge in [0.05, 0.1) is 5.69 Å². The zero-order valence-electron chi connectivity index (χ0n) is 11.9. The number of aryl methyl sites for hydroxylation is 1. The molecular weight excluding hydrogens is 256 g/mol. The predicted molar refractivity (Wildman–Crippen MR) is 77.2 cm³/mol. The van der Waals surface area contributed by atoms with Gasteiger partial charge in [0.1, 0.15) is 5.69 Å². The molecule has 0 atom stereocenters. The van der Waals surface area contributed by atoms with Crippen molar-refractivity contribution in [2.45, 2.75) is 25.7 Å². The van der Waals surface area contributed by atoms with E-state index in [1.54, 1.807) is 23.9 Å². The molecule has 6 heteroatoms. The third-order valence-corrected chi connectivity index (χ3v) is 3.59. The minimum absolute atomic E-state index is 0.122. The lowest BCUT2D eigenvalue weighted by molar-refractivity contribution is -0.131. The van der Waals surface area contributed by atoms with Gasteiger partial charge in [-0.3, -0.25) is 9.59 Å². The third kappa shape index (κ3) is 3.53. The van der Waals surface area contributed by atoms with Crippen LogP contribution in [0.3, 0.4) is 0 Å². The monoisotopic (exact) mass is 278 g/mol. The molecule has 0 saturated carbocycles. The van der Waals surface area contributed by atoms with E-state index in [1.165, 1.54) is 6.42 Å². The molecule has 6 nitrogen and oxygen atoms in total. The van der Waals surface area contributed by atoms with Crippen LogP contribution in [-0.4, -0.2) is 40.9 Å². The van der Waals surface area contributed by atoms with Gasteiger partial charge in [0.15, 0.2) is 0 Å². The highest BCUT2D eigenvalue weighted by molar-refractivity contribution is 5.94. The maximum Gasteiger partial charge on any atom is 0.267 e. The number of nitrogen functional groups attached to an aromatic ring is 1. The summed E-state index contributed by atoms with van der Waals surface area (Å²) in [6, 6.07) is 1.63. The SMILES string of the molecule is Cn1cc(N)cc1C(=O)NCCC(=O)N1CCCCC1. The second-order valence-corrected chi connectivity index (χ2v) is 5.22. The molecule has 0 aliphatic carbocycles. The minimum atomic E-state index is -0.198. The molecule has 0 spiro atoms. The van der Waals surface area contributed by atoms with Crippen LogP contribution in [0.2, 0.25) is 0 Å². The highest BCUT2D eigenvalue weighted by Gasteiger charge is 2.16. The number of amides is 2. The molecule has 1 saturated heterocycles. The van der Waals surface area contributed by atoms with Gasteiger partial charge >= 0.3 is 0 Å². The molecule has 1 aromatic heterocycles. The molecule has 0 unspecified atom stereocenters. The predicted octanol–water partition coefficient (Wildman–Crippen LogP) is 0.740. The molecule has 110 valence electrons. The van der Waals surface area contributed by atoms with Crippen LogP contribution in [0, 0.1) is 0 Å². The topological polar surface area (TPSA) is 80.4 Å². The third-order valence-electron chi connectivity index (χ3n) is 3.59. The van der Waals surface area contributed by atoms with E-state index < -0.39 is 0 Å². The fourth-order valence-electron chi connectivity index (χ4n) is 2.49. The lowest BCUT2D eigenvalue weighted by atomic mass is 10.1. The highest BCUT2D eigenvalue weighted by atomic mass is 16.2. The molecule has 20 heavy (non-hydrogen) atoms. The number of nitrogens with zero attached hydrogens (tertiary/aromatic N) is 2. The Morgan fingerprint density at radius 1 is 1.30 bits per heavy atom. The fourth-order valence-corrected chi connectivity index (χ4v) is 2.49. The van der Waals surface area contributed by atoms with E-state index in [4.69, 9.17) is 5.73 Å². The van der Waals surface area contributed by atoms with Crippen molar-refractivity contribution in [3.63, 3.8) is 0 Å². The fraction of sp³-hybridized carbons (Fsp3) is 0.571. The van der Waals surface area contributed by atoms with Crippen molar-refractivity contribution >= 4 is 17.5 Å². The Morgan fingerprint density at radius 2 is 2.00 bits per heavy atom. The summed E-state index contributed by atoms with van der Waals surface area (Å²) < 4.78 is 1.68. The van der Waals surface area contributed by atoms with E-state index in [-0.39, 0.29) is 11.8 Å². The number of piperidine rings is 1. The second-order valence-electron chi connectivity index (χ2n) is 5.22. The molecule has 0 radical (unpaired) electrons. The molecule has 1 aromatic rings. The number of likely N-dealkylation sites (tertiary alicyclic amines) is 1. The van der Waals surface area contributed by atoms with E-state index in [0.29, 0.717) is 24.3 Å². The van der Waals surface area contributed by atoms with Crippen LogP contribution in [0.15, 0.2) is 12.3 Å². The molecule has 1 aliphatic heterocycles. The smallest absolute Gasteiger partial charge is 0.267 e. The van der Waals surface area contributed by atoms with Gasteiger partial charge in [0.2, 0.25) is 5.91 Å². The number of carbonyl (C=O) groups is 2. The van der Waals surface area contributed by atoms with Gasteiger partial charge in [-0.1, -0.05) is 0 Å². The number of carbonyl (C=O) groups excluding carboxylic acids is 2. The van der Waals surface area contributed by atoms with Gasteiger partial charge in [0, 0.05) is 39.3 Å². The second kappa shape index (κ2) is 6.45. The molecule has 3 N–H and O–H groups in total. The van der Waals surface area contributed by atoms with Crippen molar-refractivity contribution in [1.29, 1.82) is 0 Å². The number of hydrogen-bond donors (Lipinski definition) is 2. The number of hydrogen-bond acceptors (Lipinski definition) is 3. The summed E-state index contributed by atoms with van der Waals surface area (Å²) >= 11 is 0. The van der Waals surface area contributed by atoms with Crippen molar-refractivity contribution in [2.24, 2.45) is 7.05 Å². The van der Waals surface area contributed by atoms with E-state index in [9.17, 15) is 9.59 Å². The summed E-state index contributed by atoms with van der Waals surface area (Å²) in [6.45, 7) is 2.06. The van der Waals surface area contributed by atoms with Crippen molar-refractivity contribution in [1.82, 2.24) is 14.8 Å². The zero-order valence-corrected chi connectivity index (χ0v) is 11.9. The summed E-state index contributed by atoms with van der Waals surface area (Å²) in [5.74, 6) is -0.0768. The molecule has 2 amide bonds. The van der Waals surface area contributed by atoms with E-state index in [2.05, 4.69) is 5.32 Å². The zero-order chi connectivity index (χ0) is 14.5. The number of nitrogens with one attached hydrogen (secondary N) is 1. The lowest BCUT2D eigenvalue weighted by Crippen LogP contribution is -2.38. The standard InChI is InChI=1S/C14H22N4O2/c1-17-10-11(15)9-12(17)14(20)16-6-5-13(19)18-7-3-2-4-8-18/h9-10H,2-8,15H2,1H3,(H,16,20). The largest absolute Gasteiger partial charge is 0.397 e. The van der Waals surface area contributed by atoms with Crippen LogP contribution >= 0.6 is 0 Å². The molecule has 1 aliphatic rings. The maximum absolute atomic E-state index is 11.9. The summed E-state index contributed by atoms with van der Waals surface area (Å²) in [7, 11) is 1.77. The summed E-state index contributed by atoms with van der Waals surface area (Å²) in [5, 5.41) is 2.76. The Balaban J connectivity index is 1.76. The Morgan fingerprint density at radius 3 is 2.60 bits per heavy atom. The van der Waals surface area contributed by atoms with E-state index in [0.717, 1.165) is 25.9 Å². The summed E-state index contributed by atoms with van der Waals surface area (Å²) in [5.41, 5.74) is 6.69. The quantitative estimate of drug-likeness (QED) is 0.852. The Bertz CT molecular complexity index is 489. The van der Waals surface area contributed by atoms with Crippen LogP contribution in [0.1, 0.15) is 36.2 Å². The Labute approximate surface area is 118 Å². The summed E-state index contributed by atoms with van der Waals surface area (Å²) in [6.07, 6.45) is 5.41. The van der Waals surface area contributed by atoms with Crippen molar-refractivity contribution in [2.75, 3.05) is 25.4 Å². The van der Waals surface area contributed by atoms with Gasteiger partial charge < -0.3 is 20.5 Å². The number of aromatic nitrogens is 1. The van der Waals surface area contributed by atoms with Crippen molar-refractivity contribution in [3.8, 4) is 0 Å². The lowest BCUT2D eigenvalue weighted by Gasteiger charge is -2.26. The molecule has 0 bridgehead atoms.